The maximum Gasteiger partial charge on any atom is 0.290 e. The van der Waals surface area contributed by atoms with E-state index in [1.807, 2.05) is 30.3 Å². The number of carbonyl (C=O) groups excluding carboxylic acids is 1. The third-order valence-electron chi connectivity index (χ3n) is 8.50. The predicted molar refractivity (Wildman–Crippen MR) is 165 cm³/mol. The fourth-order valence-electron chi connectivity index (χ4n) is 5.94. The van der Waals surface area contributed by atoms with Gasteiger partial charge in [-0.25, -0.2) is 4.68 Å². The van der Waals surface area contributed by atoms with Gasteiger partial charge >= 0.3 is 0 Å². The number of benzene rings is 1. The summed E-state index contributed by atoms with van der Waals surface area (Å²) in [7, 11) is 1.69. The highest BCUT2D eigenvalue weighted by Gasteiger charge is 2.25. The zero-order valence-corrected chi connectivity index (χ0v) is 25.2. The first-order chi connectivity index (χ1) is 19.6. The lowest BCUT2D eigenvalue weighted by Gasteiger charge is -2.36. The normalized spacial score (nSPS) is 20.4. The number of carbonyl (C=O) groups is 1. The Hall–Kier alpha value is -3.59. The summed E-state index contributed by atoms with van der Waals surface area (Å²) in [6.45, 7) is 13.1. The van der Waals surface area contributed by atoms with Gasteiger partial charge in [-0.1, -0.05) is 32.9 Å². The zero-order valence-electron chi connectivity index (χ0n) is 25.2. The molecule has 5 rings (SSSR count). The first kappa shape index (κ1) is 28.9. The van der Waals surface area contributed by atoms with Crippen LogP contribution < -0.4 is 26.4 Å². The highest BCUT2D eigenvalue weighted by molar-refractivity contribution is 5.94. The lowest BCUT2D eigenvalue weighted by atomic mass is 9.86. The van der Waals surface area contributed by atoms with Crippen LogP contribution in [0.25, 0.3) is 0 Å². The molecule has 4 heterocycles. The van der Waals surface area contributed by atoms with Gasteiger partial charge in [0.25, 0.3) is 11.5 Å². The molecule has 0 aliphatic carbocycles. The lowest BCUT2D eigenvalue weighted by Crippen LogP contribution is -2.48. The molecule has 220 valence electrons. The van der Waals surface area contributed by atoms with Crippen molar-refractivity contribution in [1.29, 1.82) is 0 Å². The second kappa shape index (κ2) is 12.1. The van der Waals surface area contributed by atoms with Gasteiger partial charge < -0.3 is 25.8 Å². The molecule has 3 aliphatic rings. The summed E-state index contributed by atoms with van der Waals surface area (Å²) >= 11 is 0. The van der Waals surface area contributed by atoms with E-state index in [0.29, 0.717) is 23.8 Å². The number of piperidine rings is 2. The van der Waals surface area contributed by atoms with Gasteiger partial charge in [0.15, 0.2) is 5.82 Å². The van der Waals surface area contributed by atoms with E-state index in [2.05, 4.69) is 70.8 Å². The first-order valence-corrected chi connectivity index (χ1v) is 14.9. The van der Waals surface area contributed by atoms with Crippen molar-refractivity contribution in [2.75, 3.05) is 42.9 Å². The standard InChI is InChI=1S/C32H45N7O2/c1-22-20-38(26-12-15-33-16-13-26)18-14-27(22)35-28-19-29(36-37(5)31(28)41)39-17-6-7-25(21-39)34-30(40)23-8-10-24(11-9-23)32(2,3)4/h8-11,14,18-19,25-26,33,35H,6-7,12-13,15-17,20-21H2,1-5H3,(H,34,40). The third-order valence-corrected chi connectivity index (χ3v) is 8.50. The van der Waals surface area contributed by atoms with Gasteiger partial charge in [0.2, 0.25) is 0 Å². The Kier molecular flexibility index (Phi) is 8.54. The molecule has 2 aromatic rings. The zero-order chi connectivity index (χ0) is 29.1. The third kappa shape index (κ3) is 6.84. The molecule has 9 nitrogen and oxygen atoms in total. The average Bonchev–Trinajstić information content (AvgIpc) is 2.96. The molecule has 41 heavy (non-hydrogen) atoms. The molecule has 1 atom stereocenters. The second-order valence-corrected chi connectivity index (χ2v) is 12.7. The lowest BCUT2D eigenvalue weighted by molar-refractivity contribution is 0.0933. The number of hydrogen-bond donors (Lipinski definition) is 3. The van der Waals surface area contributed by atoms with E-state index in [4.69, 9.17) is 0 Å². The highest BCUT2D eigenvalue weighted by Crippen LogP contribution is 2.25. The molecule has 1 aromatic heterocycles. The molecule has 0 saturated carbocycles. The van der Waals surface area contributed by atoms with Crippen LogP contribution in [0.5, 0.6) is 0 Å². The van der Waals surface area contributed by atoms with Crippen molar-refractivity contribution in [3.63, 3.8) is 0 Å². The summed E-state index contributed by atoms with van der Waals surface area (Å²) in [6.07, 6.45) is 8.38. The molecule has 3 aliphatic heterocycles. The molecule has 1 aromatic carbocycles. The minimum absolute atomic E-state index is 0.00110. The number of nitrogens with zero attached hydrogens (tertiary/aromatic N) is 4. The summed E-state index contributed by atoms with van der Waals surface area (Å²) < 4.78 is 1.40. The first-order valence-electron chi connectivity index (χ1n) is 14.9. The Labute approximate surface area is 243 Å². The van der Waals surface area contributed by atoms with Crippen molar-refractivity contribution >= 4 is 17.4 Å². The highest BCUT2D eigenvalue weighted by atomic mass is 16.2. The van der Waals surface area contributed by atoms with Gasteiger partial charge in [-0.2, -0.15) is 5.10 Å². The SMILES string of the molecule is CC1=C(Nc2cc(N3CCCC(NC(=O)c4ccc(C(C)(C)C)cc4)C3)nn(C)c2=O)C=CN(C2CCNCC2)C1. The minimum atomic E-state index is -0.163. The Balaban J connectivity index is 1.25. The van der Waals surface area contributed by atoms with Crippen molar-refractivity contribution in [1.82, 2.24) is 25.3 Å². The topological polar surface area (TPSA) is 94.5 Å². The molecule has 0 bridgehead atoms. The van der Waals surface area contributed by atoms with Gasteiger partial charge in [-0.05, 0) is 80.5 Å². The van der Waals surface area contributed by atoms with Gasteiger partial charge in [0.1, 0.15) is 5.69 Å². The van der Waals surface area contributed by atoms with Gasteiger partial charge in [-0.15, -0.1) is 0 Å². The summed E-state index contributed by atoms with van der Waals surface area (Å²) in [4.78, 5) is 30.7. The van der Waals surface area contributed by atoms with E-state index in [-0.39, 0.29) is 22.9 Å². The van der Waals surface area contributed by atoms with Crippen LogP contribution >= 0.6 is 0 Å². The fraction of sp³-hybridized carbons (Fsp3) is 0.531. The van der Waals surface area contributed by atoms with E-state index in [1.54, 1.807) is 7.05 Å². The maximum atomic E-state index is 13.0. The number of nitrogens with one attached hydrogen (secondary N) is 3. The summed E-state index contributed by atoms with van der Waals surface area (Å²) in [5.41, 5.74) is 4.45. The van der Waals surface area contributed by atoms with Crippen LogP contribution in [0.15, 0.2) is 58.7 Å². The minimum Gasteiger partial charge on any atom is -0.370 e. The van der Waals surface area contributed by atoms with Crippen LogP contribution in [0, 0.1) is 0 Å². The molecular formula is C32H45N7O2. The summed E-state index contributed by atoms with van der Waals surface area (Å²) in [6, 6.07) is 10.3. The Morgan fingerprint density at radius 3 is 2.51 bits per heavy atom. The Morgan fingerprint density at radius 1 is 1.10 bits per heavy atom. The molecule has 3 N–H and O–H groups in total. The van der Waals surface area contributed by atoms with Crippen LogP contribution in [0.3, 0.4) is 0 Å². The molecule has 2 fully saturated rings. The van der Waals surface area contributed by atoms with Gasteiger partial charge in [-0.3, -0.25) is 9.59 Å². The maximum absolute atomic E-state index is 13.0. The number of amides is 1. The number of rotatable bonds is 6. The Bertz CT molecular complexity index is 1360. The van der Waals surface area contributed by atoms with Crippen LogP contribution in [-0.4, -0.2) is 65.4 Å². The molecule has 2 saturated heterocycles. The second-order valence-electron chi connectivity index (χ2n) is 12.7. The van der Waals surface area contributed by atoms with Crippen LogP contribution in [0.4, 0.5) is 11.5 Å². The largest absolute Gasteiger partial charge is 0.370 e. The van der Waals surface area contributed by atoms with Crippen molar-refractivity contribution in [2.24, 2.45) is 7.05 Å². The predicted octanol–water partition coefficient (Wildman–Crippen LogP) is 3.74. The molecule has 0 radical (unpaired) electrons. The number of aromatic nitrogens is 2. The molecule has 1 amide bonds. The molecule has 0 spiro atoms. The van der Waals surface area contributed by atoms with Gasteiger partial charge in [0.05, 0.1) is 0 Å². The van der Waals surface area contributed by atoms with Crippen LogP contribution in [0.2, 0.25) is 0 Å². The van der Waals surface area contributed by atoms with E-state index < -0.39 is 0 Å². The summed E-state index contributed by atoms with van der Waals surface area (Å²) in [5, 5.41) is 14.6. The van der Waals surface area contributed by atoms with Crippen molar-refractivity contribution in [3.05, 3.63) is 75.4 Å². The van der Waals surface area contributed by atoms with Crippen LogP contribution in [-0.2, 0) is 12.5 Å². The van der Waals surface area contributed by atoms with Crippen molar-refractivity contribution in [2.45, 2.75) is 70.9 Å². The average molecular weight is 560 g/mol. The van der Waals surface area contributed by atoms with Gasteiger partial charge in [0, 0.05) is 62.3 Å². The van der Waals surface area contributed by atoms with E-state index in [1.165, 1.54) is 15.8 Å². The number of allylic oxidation sites excluding steroid dienone is 1. The summed E-state index contributed by atoms with van der Waals surface area (Å²) in [5.74, 6) is 0.676. The fourth-order valence-corrected chi connectivity index (χ4v) is 5.94. The molecule has 9 heteroatoms. The van der Waals surface area contributed by atoms with Crippen molar-refractivity contribution in [3.8, 4) is 0 Å². The van der Waals surface area contributed by atoms with E-state index >= 15 is 0 Å². The monoisotopic (exact) mass is 559 g/mol. The molecular weight excluding hydrogens is 514 g/mol. The van der Waals surface area contributed by atoms with E-state index in [9.17, 15) is 9.59 Å². The number of aryl methyl sites for hydroxylation is 1. The number of anilines is 2. The quantitative estimate of drug-likeness (QED) is 0.496. The van der Waals surface area contributed by atoms with Crippen LogP contribution in [0.1, 0.15) is 69.3 Å². The molecule has 1 unspecified atom stereocenters. The van der Waals surface area contributed by atoms with E-state index in [0.717, 1.165) is 63.4 Å². The Morgan fingerprint density at radius 2 is 1.83 bits per heavy atom. The van der Waals surface area contributed by atoms with Crippen molar-refractivity contribution < 1.29 is 4.79 Å². The smallest absolute Gasteiger partial charge is 0.290 e. The number of hydrogen-bond acceptors (Lipinski definition) is 7.